The van der Waals surface area contributed by atoms with Crippen molar-refractivity contribution >= 4 is 11.8 Å². The average molecular weight is 261 g/mol. The minimum absolute atomic E-state index is 0.320. The van der Waals surface area contributed by atoms with E-state index >= 15 is 0 Å². The molecule has 1 aliphatic carbocycles. The monoisotopic (exact) mass is 261 g/mol. The SMILES string of the molecule is NCC1(c2ccc(C3CCSCC3)cc2)CCC1. The predicted molar refractivity (Wildman–Crippen MR) is 80.3 cm³/mol. The van der Waals surface area contributed by atoms with E-state index in [1.807, 2.05) is 0 Å². The topological polar surface area (TPSA) is 26.0 Å². The molecule has 1 aromatic carbocycles. The van der Waals surface area contributed by atoms with E-state index in [-0.39, 0.29) is 0 Å². The summed E-state index contributed by atoms with van der Waals surface area (Å²) in [6.07, 6.45) is 6.61. The standard InChI is InChI=1S/C16H23NS/c17-12-16(8-1-9-16)15-4-2-13(3-5-15)14-6-10-18-11-7-14/h2-5,14H,1,6-12,17H2. The normalized spacial score (nSPS) is 23.6. The summed E-state index contributed by atoms with van der Waals surface area (Å²) in [6.45, 7) is 0.812. The van der Waals surface area contributed by atoms with Crippen molar-refractivity contribution in [1.82, 2.24) is 0 Å². The zero-order valence-corrected chi connectivity index (χ0v) is 11.8. The van der Waals surface area contributed by atoms with Crippen LogP contribution in [0.1, 0.15) is 49.1 Å². The summed E-state index contributed by atoms with van der Waals surface area (Å²) < 4.78 is 0. The number of rotatable bonds is 3. The maximum atomic E-state index is 5.98. The first-order valence-corrected chi connectivity index (χ1v) is 8.38. The Labute approximate surface area is 115 Å². The van der Waals surface area contributed by atoms with Gasteiger partial charge in [0.05, 0.1) is 0 Å². The van der Waals surface area contributed by atoms with Gasteiger partial charge in [-0.1, -0.05) is 30.7 Å². The van der Waals surface area contributed by atoms with Gasteiger partial charge in [0.25, 0.3) is 0 Å². The van der Waals surface area contributed by atoms with E-state index in [1.54, 1.807) is 5.56 Å². The Morgan fingerprint density at radius 1 is 1.11 bits per heavy atom. The molecule has 1 nitrogen and oxygen atoms in total. The summed E-state index contributed by atoms with van der Waals surface area (Å²) in [4.78, 5) is 0. The van der Waals surface area contributed by atoms with E-state index in [4.69, 9.17) is 5.73 Å². The van der Waals surface area contributed by atoms with Gasteiger partial charge in [-0.05, 0) is 54.2 Å². The fraction of sp³-hybridized carbons (Fsp3) is 0.625. The molecule has 3 rings (SSSR count). The lowest BCUT2D eigenvalue weighted by Gasteiger charge is -2.41. The number of hydrogen-bond acceptors (Lipinski definition) is 2. The first-order valence-electron chi connectivity index (χ1n) is 7.22. The van der Waals surface area contributed by atoms with Gasteiger partial charge in [0, 0.05) is 12.0 Å². The summed E-state index contributed by atoms with van der Waals surface area (Å²) in [5.74, 6) is 3.47. The van der Waals surface area contributed by atoms with Crippen LogP contribution < -0.4 is 5.73 Å². The van der Waals surface area contributed by atoms with Crippen molar-refractivity contribution in [1.29, 1.82) is 0 Å². The van der Waals surface area contributed by atoms with Crippen LogP contribution in [0.25, 0.3) is 0 Å². The van der Waals surface area contributed by atoms with Gasteiger partial charge < -0.3 is 5.73 Å². The molecule has 0 amide bonds. The molecule has 18 heavy (non-hydrogen) atoms. The Kier molecular flexibility index (Phi) is 3.67. The van der Waals surface area contributed by atoms with Gasteiger partial charge in [0.2, 0.25) is 0 Å². The second-order valence-corrected chi connectivity index (χ2v) is 7.07. The van der Waals surface area contributed by atoms with E-state index in [9.17, 15) is 0 Å². The van der Waals surface area contributed by atoms with Gasteiger partial charge in [-0.25, -0.2) is 0 Å². The van der Waals surface area contributed by atoms with Crippen molar-refractivity contribution in [3.63, 3.8) is 0 Å². The molecule has 2 N–H and O–H groups in total. The van der Waals surface area contributed by atoms with E-state index in [1.165, 1.54) is 49.2 Å². The highest BCUT2D eigenvalue weighted by molar-refractivity contribution is 7.99. The van der Waals surface area contributed by atoms with E-state index in [2.05, 4.69) is 36.0 Å². The second-order valence-electron chi connectivity index (χ2n) is 5.85. The molecule has 98 valence electrons. The molecule has 1 aliphatic heterocycles. The van der Waals surface area contributed by atoms with Crippen molar-refractivity contribution < 1.29 is 0 Å². The van der Waals surface area contributed by atoms with Gasteiger partial charge >= 0.3 is 0 Å². The van der Waals surface area contributed by atoms with Crippen LogP contribution in [0.3, 0.4) is 0 Å². The summed E-state index contributed by atoms with van der Waals surface area (Å²) >= 11 is 2.10. The number of benzene rings is 1. The molecule has 1 saturated heterocycles. The quantitative estimate of drug-likeness (QED) is 0.898. The highest BCUT2D eigenvalue weighted by Gasteiger charge is 2.37. The van der Waals surface area contributed by atoms with Crippen molar-refractivity contribution in [2.75, 3.05) is 18.1 Å². The highest BCUT2D eigenvalue weighted by Crippen LogP contribution is 2.43. The Morgan fingerprint density at radius 3 is 2.28 bits per heavy atom. The van der Waals surface area contributed by atoms with Crippen LogP contribution in [0.4, 0.5) is 0 Å². The van der Waals surface area contributed by atoms with Gasteiger partial charge in [-0.15, -0.1) is 0 Å². The lowest BCUT2D eigenvalue weighted by molar-refractivity contribution is 0.253. The zero-order chi connectivity index (χ0) is 12.4. The van der Waals surface area contributed by atoms with Gasteiger partial charge in [-0.2, -0.15) is 11.8 Å². The summed E-state index contributed by atoms with van der Waals surface area (Å²) in [5.41, 5.74) is 9.32. The smallest absolute Gasteiger partial charge is 0.00755 e. The zero-order valence-electron chi connectivity index (χ0n) is 11.0. The van der Waals surface area contributed by atoms with E-state index in [0.717, 1.165) is 12.5 Å². The molecular formula is C16H23NS. The van der Waals surface area contributed by atoms with Crippen LogP contribution in [0.2, 0.25) is 0 Å². The van der Waals surface area contributed by atoms with E-state index < -0.39 is 0 Å². The molecule has 1 aromatic rings. The molecule has 2 aliphatic rings. The van der Waals surface area contributed by atoms with Crippen molar-refractivity contribution in [2.45, 2.75) is 43.4 Å². The number of nitrogens with two attached hydrogens (primary N) is 1. The molecule has 0 bridgehead atoms. The fourth-order valence-corrected chi connectivity index (χ4v) is 4.46. The molecule has 0 spiro atoms. The first-order chi connectivity index (χ1) is 8.84. The van der Waals surface area contributed by atoms with Crippen LogP contribution in [0, 0.1) is 0 Å². The maximum Gasteiger partial charge on any atom is 0.00755 e. The lowest BCUT2D eigenvalue weighted by atomic mass is 9.64. The lowest BCUT2D eigenvalue weighted by Crippen LogP contribution is -2.41. The van der Waals surface area contributed by atoms with Crippen molar-refractivity contribution in [2.24, 2.45) is 5.73 Å². The molecule has 0 radical (unpaired) electrons. The summed E-state index contributed by atoms with van der Waals surface area (Å²) in [6, 6.07) is 9.43. The van der Waals surface area contributed by atoms with Crippen LogP contribution in [0.5, 0.6) is 0 Å². The van der Waals surface area contributed by atoms with Crippen LogP contribution in [-0.4, -0.2) is 18.1 Å². The van der Waals surface area contributed by atoms with Gasteiger partial charge in [0.1, 0.15) is 0 Å². The molecule has 0 aromatic heterocycles. The molecule has 1 saturated carbocycles. The molecule has 0 atom stereocenters. The van der Waals surface area contributed by atoms with Crippen molar-refractivity contribution in [3.05, 3.63) is 35.4 Å². The third-order valence-corrected chi connectivity index (χ3v) is 5.97. The number of thioether (sulfide) groups is 1. The highest BCUT2D eigenvalue weighted by atomic mass is 32.2. The molecule has 2 fully saturated rings. The second kappa shape index (κ2) is 5.26. The predicted octanol–water partition coefficient (Wildman–Crippen LogP) is 3.68. The third-order valence-electron chi connectivity index (χ3n) is 4.92. The Balaban J connectivity index is 1.76. The fourth-order valence-electron chi connectivity index (χ4n) is 3.35. The van der Waals surface area contributed by atoms with Gasteiger partial charge in [-0.3, -0.25) is 0 Å². The molecule has 0 unspecified atom stereocenters. The Bertz CT molecular complexity index is 383. The summed E-state index contributed by atoms with van der Waals surface area (Å²) in [5, 5.41) is 0. The molecular weight excluding hydrogens is 238 g/mol. The Morgan fingerprint density at radius 2 is 1.78 bits per heavy atom. The minimum atomic E-state index is 0.320. The maximum absolute atomic E-state index is 5.98. The first kappa shape index (κ1) is 12.6. The van der Waals surface area contributed by atoms with Crippen molar-refractivity contribution in [3.8, 4) is 0 Å². The average Bonchev–Trinajstić information content (AvgIpc) is 2.40. The largest absolute Gasteiger partial charge is 0.330 e. The molecule has 2 heteroatoms. The number of hydrogen-bond donors (Lipinski definition) is 1. The van der Waals surface area contributed by atoms with Crippen LogP contribution in [-0.2, 0) is 5.41 Å². The molecule has 1 heterocycles. The third kappa shape index (κ3) is 2.21. The van der Waals surface area contributed by atoms with Crippen LogP contribution >= 0.6 is 11.8 Å². The summed E-state index contributed by atoms with van der Waals surface area (Å²) in [7, 11) is 0. The minimum Gasteiger partial charge on any atom is -0.330 e. The van der Waals surface area contributed by atoms with Gasteiger partial charge in [0.15, 0.2) is 0 Å². The van der Waals surface area contributed by atoms with Crippen LogP contribution in [0.15, 0.2) is 24.3 Å². The Hall–Kier alpha value is -0.470. The van der Waals surface area contributed by atoms with E-state index in [0.29, 0.717) is 5.41 Å².